The first-order valence-electron chi connectivity index (χ1n) is 8.60. The highest BCUT2D eigenvalue weighted by Gasteiger charge is 2.26. The van der Waals surface area contributed by atoms with Crippen LogP contribution in [-0.4, -0.2) is 31.4 Å². The van der Waals surface area contributed by atoms with Gasteiger partial charge in [0.2, 0.25) is 10.0 Å². The zero-order chi connectivity index (χ0) is 20.7. The molecule has 1 aromatic heterocycles. The van der Waals surface area contributed by atoms with Crippen LogP contribution in [0.25, 0.3) is 0 Å². The summed E-state index contributed by atoms with van der Waals surface area (Å²) < 4.78 is 45.3. The number of hydrazone groups is 1. The number of amides is 1. The highest BCUT2D eigenvalue weighted by molar-refractivity contribution is 7.89. The number of hydrogen-bond acceptors (Lipinski definition) is 5. The second-order valence-electron chi connectivity index (χ2n) is 6.02. The monoisotopic (exact) mass is 415 g/mol. The Morgan fingerprint density at radius 3 is 2.45 bits per heavy atom. The van der Waals surface area contributed by atoms with E-state index in [2.05, 4.69) is 10.5 Å². The van der Waals surface area contributed by atoms with Crippen LogP contribution >= 0.6 is 0 Å². The van der Waals surface area contributed by atoms with Gasteiger partial charge in [-0.15, -0.1) is 0 Å². The van der Waals surface area contributed by atoms with Gasteiger partial charge < -0.3 is 4.42 Å². The molecule has 3 rings (SSSR count). The smallest absolute Gasteiger partial charge is 0.255 e. The highest BCUT2D eigenvalue weighted by Crippen LogP contribution is 2.18. The van der Waals surface area contributed by atoms with Crippen molar-refractivity contribution in [1.29, 1.82) is 0 Å². The van der Waals surface area contributed by atoms with Crippen LogP contribution < -0.4 is 5.43 Å². The molecule has 1 amide bonds. The molecule has 0 radical (unpaired) electrons. The van der Waals surface area contributed by atoms with Crippen molar-refractivity contribution >= 4 is 22.1 Å². The van der Waals surface area contributed by atoms with E-state index in [1.165, 1.54) is 48.9 Å². The Hall–Kier alpha value is -3.30. The minimum absolute atomic E-state index is 0.0500. The number of rotatable bonds is 8. The van der Waals surface area contributed by atoms with E-state index in [1.807, 2.05) is 0 Å². The van der Waals surface area contributed by atoms with E-state index < -0.39 is 28.3 Å². The molecule has 1 N–H and O–H groups in total. The van der Waals surface area contributed by atoms with Crippen LogP contribution in [0.5, 0.6) is 0 Å². The van der Waals surface area contributed by atoms with Crippen LogP contribution in [0.1, 0.15) is 11.3 Å². The maximum absolute atomic E-state index is 13.2. The predicted octanol–water partition coefficient (Wildman–Crippen LogP) is 2.76. The summed E-state index contributed by atoms with van der Waals surface area (Å²) in [4.78, 5) is 12.3. The molecule has 0 aliphatic heterocycles. The van der Waals surface area contributed by atoms with Gasteiger partial charge in [-0.25, -0.2) is 18.2 Å². The summed E-state index contributed by atoms with van der Waals surface area (Å²) in [6.07, 6.45) is 2.76. The lowest BCUT2D eigenvalue weighted by Crippen LogP contribution is -2.39. The normalized spacial score (nSPS) is 11.8. The Morgan fingerprint density at radius 1 is 1.07 bits per heavy atom. The summed E-state index contributed by atoms with van der Waals surface area (Å²) in [5.41, 5.74) is 2.81. The van der Waals surface area contributed by atoms with Crippen molar-refractivity contribution in [2.24, 2.45) is 5.10 Å². The first kappa shape index (κ1) is 20.4. The third-order valence-corrected chi connectivity index (χ3v) is 5.70. The van der Waals surface area contributed by atoms with Crippen molar-refractivity contribution in [3.8, 4) is 0 Å². The minimum atomic E-state index is -3.96. The van der Waals surface area contributed by atoms with Crippen LogP contribution in [-0.2, 0) is 21.4 Å². The van der Waals surface area contributed by atoms with E-state index in [0.717, 1.165) is 4.31 Å². The van der Waals surface area contributed by atoms with Gasteiger partial charge in [0.25, 0.3) is 5.91 Å². The van der Waals surface area contributed by atoms with Crippen LogP contribution in [0.4, 0.5) is 4.39 Å². The average molecular weight is 415 g/mol. The van der Waals surface area contributed by atoms with Crippen molar-refractivity contribution in [2.45, 2.75) is 11.4 Å². The van der Waals surface area contributed by atoms with Crippen molar-refractivity contribution in [2.75, 3.05) is 6.54 Å². The Morgan fingerprint density at radius 2 is 1.79 bits per heavy atom. The lowest BCUT2D eigenvalue weighted by atomic mass is 10.2. The lowest BCUT2D eigenvalue weighted by Gasteiger charge is -2.21. The molecule has 0 saturated heterocycles. The summed E-state index contributed by atoms with van der Waals surface area (Å²) in [6.45, 7) is -0.572. The topological polar surface area (TPSA) is 92.0 Å². The molecular formula is C20H18FN3O4S. The van der Waals surface area contributed by atoms with Gasteiger partial charge in [-0.1, -0.05) is 30.3 Å². The molecular weight excluding hydrogens is 397 g/mol. The molecule has 3 aromatic rings. The summed E-state index contributed by atoms with van der Waals surface area (Å²) in [6, 6.07) is 16.5. The van der Waals surface area contributed by atoms with E-state index >= 15 is 0 Å². The molecule has 7 nitrogen and oxygen atoms in total. The number of halogens is 1. The third-order valence-electron chi connectivity index (χ3n) is 3.90. The van der Waals surface area contributed by atoms with E-state index in [0.29, 0.717) is 11.3 Å². The number of hydrogen-bond donors (Lipinski definition) is 1. The lowest BCUT2D eigenvalue weighted by molar-refractivity contribution is -0.121. The molecule has 9 heteroatoms. The molecule has 0 spiro atoms. The number of benzene rings is 2. The van der Waals surface area contributed by atoms with Gasteiger partial charge in [-0.3, -0.25) is 4.79 Å². The van der Waals surface area contributed by atoms with E-state index in [4.69, 9.17) is 4.42 Å². The summed E-state index contributed by atoms with van der Waals surface area (Å²) in [5, 5.41) is 3.75. The Kier molecular flexibility index (Phi) is 6.53. The van der Waals surface area contributed by atoms with Gasteiger partial charge >= 0.3 is 0 Å². The zero-order valence-electron chi connectivity index (χ0n) is 15.2. The third kappa shape index (κ3) is 5.59. The SMILES string of the molecule is O=C(CN(Cc1ccc(F)cc1)S(=O)(=O)c1ccccc1)N/N=C\c1ccco1. The quantitative estimate of drug-likeness (QED) is 0.452. The number of sulfonamides is 1. The van der Waals surface area contributed by atoms with Crippen molar-refractivity contribution in [3.63, 3.8) is 0 Å². The van der Waals surface area contributed by atoms with Crippen LogP contribution in [0.15, 0.2) is 87.4 Å². The Labute approximate surface area is 167 Å². The molecule has 0 fully saturated rings. The number of carbonyl (C=O) groups is 1. The first-order chi connectivity index (χ1) is 13.9. The summed E-state index contributed by atoms with van der Waals surface area (Å²) in [7, 11) is -3.96. The van der Waals surface area contributed by atoms with Gasteiger partial charge in [-0.05, 0) is 42.0 Å². The Balaban J connectivity index is 1.78. The fourth-order valence-corrected chi connectivity index (χ4v) is 3.89. The Bertz CT molecular complexity index is 1070. The fraction of sp³-hybridized carbons (Fsp3) is 0.100. The summed E-state index contributed by atoms with van der Waals surface area (Å²) in [5.74, 6) is -0.629. The van der Waals surface area contributed by atoms with E-state index in [9.17, 15) is 17.6 Å². The van der Waals surface area contributed by atoms with Gasteiger partial charge in [0.05, 0.1) is 23.9 Å². The van der Waals surface area contributed by atoms with Crippen molar-refractivity contribution in [3.05, 3.63) is 90.1 Å². The maximum atomic E-state index is 13.2. The molecule has 150 valence electrons. The summed E-state index contributed by atoms with van der Waals surface area (Å²) >= 11 is 0. The number of nitrogens with zero attached hydrogens (tertiary/aromatic N) is 2. The number of carbonyl (C=O) groups excluding carboxylic acids is 1. The minimum Gasteiger partial charge on any atom is -0.463 e. The highest BCUT2D eigenvalue weighted by atomic mass is 32.2. The first-order valence-corrected chi connectivity index (χ1v) is 10.0. The van der Waals surface area contributed by atoms with Gasteiger partial charge in [0.15, 0.2) is 0 Å². The van der Waals surface area contributed by atoms with Gasteiger partial charge in [-0.2, -0.15) is 9.41 Å². The molecule has 0 atom stereocenters. The molecule has 1 heterocycles. The zero-order valence-corrected chi connectivity index (χ0v) is 16.0. The van der Waals surface area contributed by atoms with Crippen LogP contribution in [0.2, 0.25) is 0 Å². The number of nitrogens with one attached hydrogen (secondary N) is 1. The maximum Gasteiger partial charge on any atom is 0.255 e. The molecule has 0 saturated carbocycles. The fourth-order valence-electron chi connectivity index (χ4n) is 2.49. The van der Waals surface area contributed by atoms with Crippen molar-refractivity contribution < 1.29 is 22.0 Å². The van der Waals surface area contributed by atoms with Crippen LogP contribution in [0, 0.1) is 5.82 Å². The molecule has 0 bridgehead atoms. The predicted molar refractivity (Wildman–Crippen MR) is 105 cm³/mol. The van der Waals surface area contributed by atoms with Gasteiger partial charge in [0.1, 0.15) is 11.6 Å². The van der Waals surface area contributed by atoms with E-state index in [1.54, 1.807) is 30.3 Å². The molecule has 2 aromatic carbocycles. The standard InChI is InChI=1S/C20H18FN3O4S/c21-17-10-8-16(9-11-17)14-24(29(26,27)19-6-2-1-3-7-19)15-20(25)23-22-13-18-5-4-12-28-18/h1-13H,14-15H2,(H,23,25)/b22-13-. The van der Waals surface area contributed by atoms with Crippen molar-refractivity contribution in [1.82, 2.24) is 9.73 Å². The molecule has 0 unspecified atom stereocenters. The number of furan rings is 1. The average Bonchev–Trinajstić information content (AvgIpc) is 3.23. The molecule has 0 aliphatic carbocycles. The van der Waals surface area contributed by atoms with E-state index in [-0.39, 0.29) is 11.4 Å². The second kappa shape index (κ2) is 9.26. The molecule has 0 aliphatic rings. The largest absolute Gasteiger partial charge is 0.463 e. The molecule has 29 heavy (non-hydrogen) atoms. The van der Waals surface area contributed by atoms with Gasteiger partial charge in [0, 0.05) is 6.54 Å². The second-order valence-corrected chi connectivity index (χ2v) is 7.96. The van der Waals surface area contributed by atoms with Crippen LogP contribution in [0.3, 0.4) is 0 Å².